The van der Waals surface area contributed by atoms with Crippen LogP contribution in [0.3, 0.4) is 0 Å². The van der Waals surface area contributed by atoms with Gasteiger partial charge < -0.3 is 10.9 Å². The molecule has 0 atom stereocenters. The van der Waals surface area contributed by atoms with Crippen LogP contribution < -0.4 is 11.2 Å². The Bertz CT molecular complexity index is 427. The number of benzene rings is 1. The predicted octanol–water partition coefficient (Wildman–Crippen LogP) is 1.56. The molecule has 0 radical (unpaired) electrons. The first-order valence-electron chi connectivity index (χ1n) is 5.27. The molecular formula is C12H17BN2O. The van der Waals surface area contributed by atoms with Gasteiger partial charge in [0.1, 0.15) is 0 Å². The number of nitrogens with two attached hydrogens (primary N) is 1. The minimum absolute atomic E-state index is 0.137. The Morgan fingerprint density at radius 3 is 2.62 bits per heavy atom. The van der Waals surface area contributed by atoms with Crippen LogP contribution in [0.1, 0.15) is 12.5 Å². The molecule has 4 heteroatoms. The monoisotopic (exact) mass is 216 g/mol. The van der Waals surface area contributed by atoms with Gasteiger partial charge in [0.2, 0.25) is 6.71 Å². The number of hydrogen-bond donors (Lipinski definition) is 2. The molecule has 0 spiro atoms. The van der Waals surface area contributed by atoms with Crippen molar-refractivity contribution in [2.75, 3.05) is 0 Å². The van der Waals surface area contributed by atoms with Gasteiger partial charge in [-0.2, -0.15) is 0 Å². The van der Waals surface area contributed by atoms with E-state index in [9.17, 15) is 0 Å². The molecule has 16 heavy (non-hydrogen) atoms. The van der Waals surface area contributed by atoms with Crippen molar-refractivity contribution in [2.45, 2.75) is 20.7 Å². The Morgan fingerprint density at radius 2 is 2.06 bits per heavy atom. The molecule has 0 bridgehead atoms. The number of hydrogen-bond acceptors (Lipinski definition) is 2. The lowest BCUT2D eigenvalue weighted by molar-refractivity contribution is 0.319. The molecule has 0 aliphatic heterocycles. The highest BCUT2D eigenvalue weighted by Gasteiger charge is 2.14. The van der Waals surface area contributed by atoms with Gasteiger partial charge in [0.05, 0.1) is 0 Å². The van der Waals surface area contributed by atoms with Gasteiger partial charge in [-0.25, -0.2) is 0 Å². The highest BCUT2D eigenvalue weighted by molar-refractivity contribution is 6.79. The smallest absolute Gasteiger partial charge is 0.201 e. The fraction of sp³-hybridized carbons (Fsp3) is 0.250. The van der Waals surface area contributed by atoms with Gasteiger partial charge in [-0.1, -0.05) is 59.7 Å². The second-order valence-electron chi connectivity index (χ2n) is 3.99. The molecule has 0 unspecified atom stereocenters. The summed E-state index contributed by atoms with van der Waals surface area (Å²) in [5, 5.41) is 11.5. The summed E-state index contributed by atoms with van der Waals surface area (Å²) in [7, 11) is 0. The van der Waals surface area contributed by atoms with E-state index in [0.29, 0.717) is 0 Å². The maximum Gasteiger partial charge on any atom is 0.201 e. The second kappa shape index (κ2) is 5.40. The molecule has 1 rings (SSSR count). The van der Waals surface area contributed by atoms with Crippen LogP contribution in [0.5, 0.6) is 0 Å². The van der Waals surface area contributed by atoms with E-state index in [-0.39, 0.29) is 12.5 Å². The van der Waals surface area contributed by atoms with Crippen LogP contribution in [0.15, 0.2) is 41.0 Å². The summed E-state index contributed by atoms with van der Waals surface area (Å²) in [5.41, 5.74) is 9.04. The third-order valence-electron chi connectivity index (χ3n) is 2.83. The third-order valence-corrected chi connectivity index (χ3v) is 2.83. The van der Waals surface area contributed by atoms with Crippen molar-refractivity contribution in [1.82, 2.24) is 0 Å². The molecule has 0 saturated heterocycles. The summed E-state index contributed by atoms with van der Waals surface area (Å²) in [5.74, 6) is 0.137. The van der Waals surface area contributed by atoms with Gasteiger partial charge in [-0.15, -0.1) is 0 Å². The molecule has 0 fully saturated rings. The van der Waals surface area contributed by atoms with Crippen LogP contribution >= 0.6 is 0 Å². The van der Waals surface area contributed by atoms with Gasteiger partial charge in [0, 0.05) is 0 Å². The summed E-state index contributed by atoms with van der Waals surface area (Å²) < 4.78 is 0. The Kier molecular flexibility index (Phi) is 4.17. The van der Waals surface area contributed by atoms with Gasteiger partial charge in [-0.3, -0.25) is 0 Å². The minimum Gasteiger partial charge on any atom is -0.409 e. The zero-order valence-electron chi connectivity index (χ0n) is 9.94. The molecule has 0 aliphatic carbocycles. The average molecular weight is 216 g/mol. The largest absolute Gasteiger partial charge is 0.409 e. The first-order valence-corrected chi connectivity index (χ1v) is 5.27. The fourth-order valence-corrected chi connectivity index (χ4v) is 1.71. The molecule has 1 aromatic rings. The second-order valence-corrected chi connectivity index (χ2v) is 3.99. The van der Waals surface area contributed by atoms with Crippen LogP contribution in [-0.2, 0) is 0 Å². The first-order chi connectivity index (χ1) is 7.56. The molecule has 84 valence electrons. The molecule has 0 heterocycles. The number of nitrogens with zero attached hydrogens (tertiary/aromatic N) is 1. The summed E-state index contributed by atoms with van der Waals surface area (Å²) >= 11 is 0. The van der Waals surface area contributed by atoms with E-state index >= 15 is 0 Å². The Hall–Kier alpha value is -1.71. The lowest BCUT2D eigenvalue weighted by atomic mass is 9.41. The maximum absolute atomic E-state index is 8.51. The minimum atomic E-state index is 0.137. The van der Waals surface area contributed by atoms with E-state index < -0.39 is 0 Å². The van der Waals surface area contributed by atoms with E-state index in [4.69, 9.17) is 10.9 Å². The number of oxime groups is 1. The van der Waals surface area contributed by atoms with E-state index in [1.165, 1.54) is 11.0 Å². The SMILES string of the molecule is CB(/C(C)=C/C(N)=N\O)c1ccccc1C. The molecule has 3 nitrogen and oxygen atoms in total. The van der Waals surface area contributed by atoms with Crippen LogP contribution in [0.25, 0.3) is 0 Å². The van der Waals surface area contributed by atoms with Gasteiger partial charge in [0.25, 0.3) is 0 Å². The molecule has 0 aliphatic rings. The average Bonchev–Trinajstić information content (AvgIpc) is 2.28. The fourth-order valence-electron chi connectivity index (χ4n) is 1.71. The highest BCUT2D eigenvalue weighted by atomic mass is 16.4. The van der Waals surface area contributed by atoms with Crippen molar-refractivity contribution in [2.24, 2.45) is 10.9 Å². The number of amidine groups is 1. The van der Waals surface area contributed by atoms with Crippen LogP contribution in [0.2, 0.25) is 6.82 Å². The summed E-state index contributed by atoms with van der Waals surface area (Å²) in [4.78, 5) is 0. The molecule has 0 amide bonds. The van der Waals surface area contributed by atoms with E-state index in [1.807, 2.05) is 19.1 Å². The maximum atomic E-state index is 8.51. The third kappa shape index (κ3) is 2.89. The normalized spacial score (nSPS) is 12.7. The van der Waals surface area contributed by atoms with E-state index in [2.05, 4.69) is 31.0 Å². The Labute approximate surface area is 96.7 Å². The van der Waals surface area contributed by atoms with Crippen molar-refractivity contribution >= 4 is 18.0 Å². The van der Waals surface area contributed by atoms with E-state index in [1.54, 1.807) is 6.08 Å². The molecular weight excluding hydrogens is 199 g/mol. The number of rotatable bonds is 3. The van der Waals surface area contributed by atoms with Crippen LogP contribution in [-0.4, -0.2) is 17.8 Å². The molecule has 1 aromatic carbocycles. The topological polar surface area (TPSA) is 58.6 Å². The van der Waals surface area contributed by atoms with Gasteiger partial charge in [0.15, 0.2) is 5.84 Å². The van der Waals surface area contributed by atoms with Gasteiger partial charge >= 0.3 is 0 Å². The van der Waals surface area contributed by atoms with Crippen LogP contribution in [0.4, 0.5) is 0 Å². The quantitative estimate of drug-likeness (QED) is 0.265. The Balaban J connectivity index is 2.99. The van der Waals surface area contributed by atoms with Crippen LogP contribution in [0, 0.1) is 6.92 Å². The van der Waals surface area contributed by atoms with Crippen molar-refractivity contribution < 1.29 is 5.21 Å². The zero-order valence-corrected chi connectivity index (χ0v) is 9.94. The number of aryl methyl sites for hydroxylation is 1. The van der Waals surface area contributed by atoms with Crippen molar-refractivity contribution in [3.05, 3.63) is 41.4 Å². The zero-order chi connectivity index (χ0) is 12.1. The van der Waals surface area contributed by atoms with Gasteiger partial charge in [-0.05, 0) is 13.0 Å². The summed E-state index contributed by atoms with van der Waals surface area (Å²) in [6, 6.07) is 8.23. The highest BCUT2D eigenvalue weighted by Crippen LogP contribution is 2.04. The first kappa shape index (κ1) is 12.4. The molecule has 3 N–H and O–H groups in total. The Morgan fingerprint density at radius 1 is 1.44 bits per heavy atom. The summed E-state index contributed by atoms with van der Waals surface area (Å²) in [6.07, 6.45) is 1.69. The molecule has 0 aromatic heterocycles. The molecule has 0 saturated carbocycles. The van der Waals surface area contributed by atoms with E-state index in [0.717, 1.165) is 5.47 Å². The lowest BCUT2D eigenvalue weighted by Crippen LogP contribution is -2.31. The van der Waals surface area contributed by atoms with Crippen molar-refractivity contribution in [3.8, 4) is 0 Å². The van der Waals surface area contributed by atoms with Crippen molar-refractivity contribution in [1.29, 1.82) is 0 Å². The lowest BCUT2D eigenvalue weighted by Gasteiger charge is -2.12. The van der Waals surface area contributed by atoms with Crippen molar-refractivity contribution in [3.63, 3.8) is 0 Å². The number of allylic oxidation sites excluding steroid dienone is 1. The summed E-state index contributed by atoms with van der Waals surface area (Å²) in [6.45, 7) is 6.44. The predicted molar refractivity (Wildman–Crippen MR) is 69.6 cm³/mol. The standard InChI is InChI=1S/C12H17BN2O/c1-9-6-4-5-7-11(9)13(3)10(2)8-12(14)15-16/h4-8,16H,1-3H3,(H2,14,15)/b10-8+.